The Bertz CT molecular complexity index is 329. The number of fused-ring (bicyclic) bond motifs is 2. The molecule has 0 radical (unpaired) electrons. The van der Waals surface area contributed by atoms with Crippen LogP contribution in [-0.4, -0.2) is 5.97 Å². The molecular weight excluding hydrogens is 188 g/mol. The number of carbonyl (C=O) groups excluding carboxylic acids is 1. The van der Waals surface area contributed by atoms with E-state index in [1.807, 2.05) is 0 Å². The van der Waals surface area contributed by atoms with Crippen molar-refractivity contribution in [1.82, 2.24) is 0 Å². The zero-order valence-corrected chi connectivity index (χ0v) is 9.80. The Kier molecular flexibility index (Phi) is 2.05. The molecule has 0 amide bonds. The molecule has 1 unspecified atom stereocenters. The second kappa shape index (κ2) is 2.87. The molecule has 0 aliphatic heterocycles. The molecule has 2 saturated carbocycles. The van der Waals surface area contributed by atoms with Crippen LogP contribution in [0.5, 0.6) is 0 Å². The maximum Gasteiger partial charge on any atom is 0.0671 e. The van der Waals surface area contributed by atoms with Crippen LogP contribution < -0.4 is 5.11 Å². The minimum absolute atomic E-state index is 0.106. The SMILES string of the molecule is C=C(C(=O)[O-])C1C[C@H]2CC[C@@]1(C)C2(C)C. The molecule has 2 aliphatic carbocycles. The highest BCUT2D eigenvalue weighted by Crippen LogP contribution is 2.69. The van der Waals surface area contributed by atoms with Crippen molar-refractivity contribution >= 4 is 5.97 Å². The van der Waals surface area contributed by atoms with Gasteiger partial charge < -0.3 is 9.90 Å². The fourth-order valence-corrected chi connectivity index (χ4v) is 3.87. The first kappa shape index (κ1) is 10.7. The maximum absolute atomic E-state index is 10.9. The van der Waals surface area contributed by atoms with Gasteiger partial charge in [0.2, 0.25) is 0 Å². The molecular formula is C13H19O2-. The molecule has 2 fully saturated rings. The second-order valence-electron chi connectivity index (χ2n) is 5.98. The van der Waals surface area contributed by atoms with E-state index < -0.39 is 5.97 Å². The molecule has 2 bridgehead atoms. The lowest BCUT2D eigenvalue weighted by molar-refractivity contribution is -0.300. The third kappa shape index (κ3) is 1.14. The molecule has 2 aliphatic rings. The smallest absolute Gasteiger partial charge is 0.0671 e. The van der Waals surface area contributed by atoms with Gasteiger partial charge in [0, 0.05) is 0 Å². The summed E-state index contributed by atoms with van der Waals surface area (Å²) >= 11 is 0. The van der Waals surface area contributed by atoms with Gasteiger partial charge in [-0.25, -0.2) is 0 Å². The summed E-state index contributed by atoms with van der Waals surface area (Å²) in [7, 11) is 0. The summed E-state index contributed by atoms with van der Waals surface area (Å²) in [6, 6.07) is 0. The van der Waals surface area contributed by atoms with Crippen LogP contribution in [0.1, 0.15) is 40.0 Å². The number of carboxylic acids is 1. The van der Waals surface area contributed by atoms with Crippen molar-refractivity contribution in [3.05, 3.63) is 12.2 Å². The van der Waals surface area contributed by atoms with E-state index in [-0.39, 0.29) is 16.7 Å². The maximum atomic E-state index is 10.9. The van der Waals surface area contributed by atoms with Gasteiger partial charge in [0.15, 0.2) is 0 Å². The summed E-state index contributed by atoms with van der Waals surface area (Å²) in [5, 5.41) is 10.9. The quantitative estimate of drug-likeness (QED) is 0.647. The molecule has 3 atom stereocenters. The normalized spacial score (nSPS) is 41.8. The average Bonchev–Trinajstić information content (AvgIpc) is 2.47. The number of carbonyl (C=O) groups is 1. The Balaban J connectivity index is 2.34. The lowest BCUT2D eigenvalue weighted by atomic mass is 9.65. The molecule has 15 heavy (non-hydrogen) atoms. The minimum Gasteiger partial charge on any atom is -0.545 e. The van der Waals surface area contributed by atoms with Crippen LogP contribution >= 0.6 is 0 Å². The van der Waals surface area contributed by atoms with Crippen LogP contribution in [0.4, 0.5) is 0 Å². The third-order valence-electron chi connectivity index (χ3n) is 5.48. The number of hydrogen-bond acceptors (Lipinski definition) is 2. The molecule has 0 N–H and O–H groups in total. The van der Waals surface area contributed by atoms with Crippen LogP contribution in [-0.2, 0) is 4.79 Å². The summed E-state index contributed by atoms with van der Waals surface area (Å²) in [4.78, 5) is 10.9. The Morgan fingerprint density at radius 2 is 2.00 bits per heavy atom. The summed E-state index contributed by atoms with van der Waals surface area (Å²) in [5.41, 5.74) is 0.665. The fraction of sp³-hybridized carbons (Fsp3) is 0.769. The second-order valence-corrected chi connectivity index (χ2v) is 5.98. The molecule has 0 aromatic heterocycles. The summed E-state index contributed by atoms with van der Waals surface area (Å²) < 4.78 is 0. The van der Waals surface area contributed by atoms with Gasteiger partial charge in [-0.2, -0.15) is 0 Å². The Hall–Kier alpha value is -0.790. The zero-order chi connectivity index (χ0) is 11.4. The van der Waals surface area contributed by atoms with Crippen molar-refractivity contribution in [2.24, 2.45) is 22.7 Å². The van der Waals surface area contributed by atoms with Gasteiger partial charge in [-0.3, -0.25) is 0 Å². The van der Waals surface area contributed by atoms with Gasteiger partial charge in [0.1, 0.15) is 0 Å². The van der Waals surface area contributed by atoms with Gasteiger partial charge in [-0.05, 0) is 47.5 Å². The topological polar surface area (TPSA) is 40.1 Å². The van der Waals surface area contributed by atoms with Crippen molar-refractivity contribution in [1.29, 1.82) is 0 Å². The third-order valence-corrected chi connectivity index (χ3v) is 5.48. The van der Waals surface area contributed by atoms with Gasteiger partial charge in [-0.1, -0.05) is 27.4 Å². The zero-order valence-electron chi connectivity index (χ0n) is 9.80. The molecule has 2 rings (SSSR count). The Labute approximate surface area is 91.4 Å². The summed E-state index contributed by atoms with van der Waals surface area (Å²) in [6.07, 6.45) is 3.35. The molecule has 2 nitrogen and oxygen atoms in total. The minimum atomic E-state index is -1.07. The molecule has 0 aromatic rings. The van der Waals surface area contributed by atoms with Crippen LogP contribution in [0.3, 0.4) is 0 Å². The molecule has 0 spiro atoms. The largest absolute Gasteiger partial charge is 0.545 e. The van der Waals surface area contributed by atoms with Crippen LogP contribution in [0.2, 0.25) is 0 Å². The van der Waals surface area contributed by atoms with Crippen molar-refractivity contribution in [3.8, 4) is 0 Å². The highest BCUT2D eigenvalue weighted by molar-refractivity contribution is 5.84. The average molecular weight is 207 g/mol. The highest BCUT2D eigenvalue weighted by Gasteiger charge is 2.61. The van der Waals surface area contributed by atoms with Crippen LogP contribution in [0.15, 0.2) is 12.2 Å². The van der Waals surface area contributed by atoms with Gasteiger partial charge in [0.05, 0.1) is 5.97 Å². The van der Waals surface area contributed by atoms with Gasteiger partial charge >= 0.3 is 0 Å². The Morgan fingerprint density at radius 3 is 2.33 bits per heavy atom. The predicted octanol–water partition coefficient (Wildman–Crippen LogP) is 1.75. The van der Waals surface area contributed by atoms with E-state index in [1.54, 1.807) is 0 Å². The van der Waals surface area contributed by atoms with Crippen molar-refractivity contribution < 1.29 is 9.90 Å². The van der Waals surface area contributed by atoms with Crippen molar-refractivity contribution in [3.63, 3.8) is 0 Å². The first-order chi connectivity index (χ1) is 6.80. The van der Waals surface area contributed by atoms with E-state index in [9.17, 15) is 9.90 Å². The molecule has 2 heteroatoms. The van der Waals surface area contributed by atoms with Crippen molar-refractivity contribution in [2.75, 3.05) is 0 Å². The lowest BCUT2D eigenvalue weighted by Gasteiger charge is -2.40. The van der Waals surface area contributed by atoms with Gasteiger partial charge in [0.25, 0.3) is 0 Å². The van der Waals surface area contributed by atoms with E-state index >= 15 is 0 Å². The molecule has 0 heterocycles. The molecule has 0 aromatic carbocycles. The summed E-state index contributed by atoms with van der Waals surface area (Å²) in [6.45, 7) is 10.5. The monoisotopic (exact) mass is 207 g/mol. The molecule has 0 saturated heterocycles. The van der Waals surface area contributed by atoms with Crippen molar-refractivity contribution in [2.45, 2.75) is 40.0 Å². The highest BCUT2D eigenvalue weighted by atomic mass is 16.4. The van der Waals surface area contributed by atoms with Gasteiger partial charge in [-0.15, -0.1) is 0 Å². The predicted molar refractivity (Wildman–Crippen MR) is 56.9 cm³/mol. The first-order valence-electron chi connectivity index (χ1n) is 5.71. The summed E-state index contributed by atoms with van der Waals surface area (Å²) in [5.74, 6) is -0.288. The van der Waals surface area contributed by atoms with E-state index in [1.165, 1.54) is 6.42 Å². The van der Waals surface area contributed by atoms with Crippen LogP contribution in [0.25, 0.3) is 0 Å². The number of rotatable bonds is 2. The van der Waals surface area contributed by atoms with E-state index in [0.717, 1.165) is 12.8 Å². The fourth-order valence-electron chi connectivity index (χ4n) is 3.87. The number of carboxylic acid groups (broad SMARTS) is 1. The van der Waals surface area contributed by atoms with E-state index in [0.29, 0.717) is 11.5 Å². The van der Waals surface area contributed by atoms with E-state index in [4.69, 9.17) is 0 Å². The number of aliphatic carboxylic acids is 1. The van der Waals surface area contributed by atoms with Crippen LogP contribution in [0, 0.1) is 22.7 Å². The Morgan fingerprint density at radius 1 is 1.40 bits per heavy atom. The standard InChI is InChI=1S/C13H20O2/c1-8(11(14)15)10-7-9-5-6-13(10,4)12(9,2)3/h9-10H,1,5-7H2,2-4H3,(H,14,15)/p-1/t9-,10?,13-/m1/s1. The first-order valence-corrected chi connectivity index (χ1v) is 5.71. The van der Waals surface area contributed by atoms with E-state index in [2.05, 4.69) is 27.4 Å². The molecule has 84 valence electrons. The number of hydrogen-bond donors (Lipinski definition) is 0. The lowest BCUT2D eigenvalue weighted by Crippen LogP contribution is -2.37.